The maximum absolute atomic E-state index is 12.7. The number of hydrogen-bond donors (Lipinski definition) is 0. The standard InChI is InChI=1S/C8H3ClF2N2/c9-8-12-3-4-1-5(10)6(11)2-7(4)13-8/h1-3H. The van der Waals surface area contributed by atoms with Crippen LogP contribution in [0.5, 0.6) is 0 Å². The van der Waals surface area contributed by atoms with Gasteiger partial charge >= 0.3 is 0 Å². The molecule has 0 atom stereocenters. The van der Waals surface area contributed by atoms with Crippen molar-refractivity contribution in [3.8, 4) is 0 Å². The Morgan fingerprint density at radius 2 is 1.85 bits per heavy atom. The Bertz CT molecular complexity index is 473. The first-order valence-electron chi connectivity index (χ1n) is 3.44. The second kappa shape index (κ2) is 2.88. The summed E-state index contributed by atoms with van der Waals surface area (Å²) in [4.78, 5) is 7.37. The van der Waals surface area contributed by atoms with Gasteiger partial charge in [-0.2, -0.15) is 0 Å². The lowest BCUT2D eigenvalue weighted by molar-refractivity contribution is 0.510. The molecule has 1 aromatic heterocycles. The molecule has 0 amide bonds. The van der Waals surface area contributed by atoms with Gasteiger partial charge < -0.3 is 0 Å². The molecule has 2 aromatic rings. The molecule has 0 saturated heterocycles. The molecule has 0 spiro atoms. The van der Waals surface area contributed by atoms with E-state index in [1.165, 1.54) is 6.20 Å². The normalized spacial score (nSPS) is 10.7. The Kier molecular flexibility index (Phi) is 1.84. The molecule has 0 aliphatic carbocycles. The number of rotatable bonds is 0. The van der Waals surface area contributed by atoms with Gasteiger partial charge in [-0.3, -0.25) is 0 Å². The lowest BCUT2D eigenvalue weighted by Crippen LogP contribution is -1.88. The summed E-state index contributed by atoms with van der Waals surface area (Å²) < 4.78 is 25.4. The summed E-state index contributed by atoms with van der Waals surface area (Å²) in [6.07, 6.45) is 1.34. The Morgan fingerprint density at radius 1 is 1.15 bits per heavy atom. The molecule has 0 fully saturated rings. The fourth-order valence-electron chi connectivity index (χ4n) is 1.00. The summed E-state index contributed by atoms with van der Waals surface area (Å²) >= 11 is 5.47. The quantitative estimate of drug-likeness (QED) is 0.611. The maximum Gasteiger partial charge on any atom is 0.222 e. The van der Waals surface area contributed by atoms with Gasteiger partial charge in [0.2, 0.25) is 5.28 Å². The van der Waals surface area contributed by atoms with Gasteiger partial charge in [0, 0.05) is 17.6 Å². The van der Waals surface area contributed by atoms with Crippen molar-refractivity contribution in [2.24, 2.45) is 0 Å². The van der Waals surface area contributed by atoms with Crippen molar-refractivity contribution in [1.82, 2.24) is 9.97 Å². The average molecular weight is 201 g/mol. The Morgan fingerprint density at radius 3 is 2.62 bits per heavy atom. The van der Waals surface area contributed by atoms with Crippen LogP contribution in [0.3, 0.4) is 0 Å². The van der Waals surface area contributed by atoms with E-state index in [1.54, 1.807) is 0 Å². The lowest BCUT2D eigenvalue weighted by Gasteiger charge is -1.97. The Balaban J connectivity index is 2.81. The van der Waals surface area contributed by atoms with E-state index in [-0.39, 0.29) is 5.28 Å². The molecule has 2 nitrogen and oxygen atoms in total. The summed E-state index contributed by atoms with van der Waals surface area (Å²) in [5.41, 5.74) is 0.291. The topological polar surface area (TPSA) is 25.8 Å². The first kappa shape index (κ1) is 8.31. The van der Waals surface area contributed by atoms with E-state index in [1.807, 2.05) is 0 Å². The van der Waals surface area contributed by atoms with Gasteiger partial charge in [-0.05, 0) is 17.7 Å². The monoisotopic (exact) mass is 200 g/mol. The Labute approximate surface area is 77.2 Å². The van der Waals surface area contributed by atoms with Gasteiger partial charge in [-0.1, -0.05) is 0 Å². The molecule has 0 N–H and O–H groups in total. The number of aromatic nitrogens is 2. The van der Waals surface area contributed by atoms with Gasteiger partial charge in [0.25, 0.3) is 0 Å². The Hall–Kier alpha value is -1.29. The van der Waals surface area contributed by atoms with Crippen LogP contribution in [0, 0.1) is 11.6 Å². The van der Waals surface area contributed by atoms with Crippen LogP contribution in [0.15, 0.2) is 18.3 Å². The summed E-state index contributed by atoms with van der Waals surface area (Å²) in [5.74, 6) is -1.86. The van der Waals surface area contributed by atoms with Crippen LogP contribution in [-0.4, -0.2) is 9.97 Å². The zero-order valence-electron chi connectivity index (χ0n) is 6.26. The maximum atomic E-state index is 12.7. The van der Waals surface area contributed by atoms with Crippen LogP contribution in [0.25, 0.3) is 10.9 Å². The smallest absolute Gasteiger partial charge is 0.222 e. The van der Waals surface area contributed by atoms with Crippen molar-refractivity contribution in [3.05, 3.63) is 35.2 Å². The molecule has 0 bridgehead atoms. The van der Waals surface area contributed by atoms with E-state index in [2.05, 4.69) is 9.97 Å². The van der Waals surface area contributed by atoms with E-state index in [4.69, 9.17) is 11.6 Å². The molecule has 0 radical (unpaired) electrons. The molecule has 66 valence electrons. The second-order valence-corrected chi connectivity index (χ2v) is 2.80. The van der Waals surface area contributed by atoms with E-state index in [9.17, 15) is 8.78 Å². The third-order valence-corrected chi connectivity index (χ3v) is 1.77. The molecule has 2 rings (SSSR count). The molecule has 0 aliphatic heterocycles. The minimum absolute atomic E-state index is 0.0125. The minimum atomic E-state index is -0.942. The van der Waals surface area contributed by atoms with E-state index in [0.717, 1.165) is 12.1 Å². The van der Waals surface area contributed by atoms with Gasteiger partial charge in [0.05, 0.1) is 5.52 Å². The average Bonchev–Trinajstić information content (AvgIpc) is 2.08. The highest BCUT2D eigenvalue weighted by Gasteiger charge is 2.05. The fraction of sp³-hybridized carbons (Fsp3) is 0. The number of fused-ring (bicyclic) bond motifs is 1. The van der Waals surface area contributed by atoms with Gasteiger partial charge in [0.15, 0.2) is 11.6 Å². The van der Waals surface area contributed by atoms with E-state index < -0.39 is 11.6 Å². The van der Waals surface area contributed by atoms with Gasteiger partial charge in [0.1, 0.15) is 0 Å². The zero-order valence-corrected chi connectivity index (χ0v) is 7.02. The number of hydrogen-bond acceptors (Lipinski definition) is 2. The fourth-order valence-corrected chi connectivity index (χ4v) is 1.14. The van der Waals surface area contributed by atoms with Crippen LogP contribution in [0.2, 0.25) is 5.28 Å². The molecule has 1 aromatic carbocycles. The van der Waals surface area contributed by atoms with Crippen LogP contribution >= 0.6 is 11.6 Å². The molecule has 1 heterocycles. The van der Waals surface area contributed by atoms with Crippen molar-refractivity contribution in [1.29, 1.82) is 0 Å². The van der Waals surface area contributed by atoms with Crippen molar-refractivity contribution >= 4 is 22.5 Å². The van der Waals surface area contributed by atoms with Crippen LogP contribution in [0.4, 0.5) is 8.78 Å². The predicted octanol–water partition coefficient (Wildman–Crippen LogP) is 2.56. The van der Waals surface area contributed by atoms with Crippen molar-refractivity contribution in [2.75, 3.05) is 0 Å². The second-order valence-electron chi connectivity index (χ2n) is 2.46. The predicted molar refractivity (Wildman–Crippen MR) is 44.5 cm³/mol. The molecule has 0 aliphatic rings. The van der Waals surface area contributed by atoms with Crippen molar-refractivity contribution in [3.63, 3.8) is 0 Å². The number of nitrogens with zero attached hydrogens (tertiary/aromatic N) is 2. The zero-order chi connectivity index (χ0) is 9.42. The van der Waals surface area contributed by atoms with Crippen LogP contribution < -0.4 is 0 Å². The largest absolute Gasteiger partial charge is 0.226 e. The highest BCUT2D eigenvalue weighted by atomic mass is 35.5. The molecule has 0 saturated carbocycles. The van der Waals surface area contributed by atoms with Crippen LogP contribution in [-0.2, 0) is 0 Å². The first-order valence-corrected chi connectivity index (χ1v) is 3.82. The highest BCUT2D eigenvalue weighted by Crippen LogP contribution is 2.16. The summed E-state index contributed by atoms with van der Waals surface area (Å²) in [7, 11) is 0. The first-order chi connectivity index (χ1) is 6.16. The molecule has 5 heteroatoms. The molecule has 0 unspecified atom stereocenters. The van der Waals surface area contributed by atoms with Gasteiger partial charge in [-0.15, -0.1) is 0 Å². The highest BCUT2D eigenvalue weighted by molar-refractivity contribution is 6.28. The molecule has 13 heavy (non-hydrogen) atoms. The van der Waals surface area contributed by atoms with Crippen LogP contribution in [0.1, 0.15) is 0 Å². The summed E-state index contributed by atoms with van der Waals surface area (Å²) in [5, 5.41) is 0.432. The number of benzene rings is 1. The molecular weight excluding hydrogens is 198 g/mol. The van der Waals surface area contributed by atoms with Crippen molar-refractivity contribution in [2.45, 2.75) is 0 Å². The summed E-state index contributed by atoms with van der Waals surface area (Å²) in [6.45, 7) is 0. The van der Waals surface area contributed by atoms with E-state index in [0.29, 0.717) is 10.9 Å². The third kappa shape index (κ3) is 1.45. The number of halogens is 3. The SMILES string of the molecule is Fc1cc2cnc(Cl)nc2cc1F. The summed E-state index contributed by atoms with van der Waals surface area (Å²) in [6, 6.07) is 2.01. The third-order valence-electron chi connectivity index (χ3n) is 1.59. The van der Waals surface area contributed by atoms with Gasteiger partial charge in [-0.25, -0.2) is 18.7 Å². The molecular formula is C8H3ClF2N2. The van der Waals surface area contributed by atoms with E-state index >= 15 is 0 Å². The lowest BCUT2D eigenvalue weighted by atomic mass is 10.2. The minimum Gasteiger partial charge on any atom is -0.226 e. The van der Waals surface area contributed by atoms with Crippen molar-refractivity contribution < 1.29 is 8.78 Å².